The monoisotopic (exact) mass is 652 g/mol. The van der Waals surface area contributed by atoms with Crippen LogP contribution in [0.25, 0.3) is 5.57 Å². The molecule has 2 aliphatic rings. The minimum Gasteiger partial charge on any atom is -0.492 e. The molecule has 6 heteroatoms. The van der Waals surface area contributed by atoms with E-state index in [2.05, 4.69) is 108 Å². The Kier molecular flexibility index (Phi) is 10.0. The second kappa shape index (κ2) is 13.9. The van der Waals surface area contributed by atoms with Crippen LogP contribution in [-0.2, 0) is 6.54 Å². The van der Waals surface area contributed by atoms with Crippen molar-refractivity contribution in [2.45, 2.75) is 44.8 Å². The molecule has 0 amide bonds. The number of halogens is 1. The van der Waals surface area contributed by atoms with Crippen LogP contribution in [0.1, 0.15) is 54.9 Å². The molecule has 212 valence electrons. The molecule has 3 aromatic rings. The van der Waals surface area contributed by atoms with Gasteiger partial charge in [-0.1, -0.05) is 30.7 Å². The van der Waals surface area contributed by atoms with Crippen molar-refractivity contribution in [3.05, 3.63) is 92.6 Å². The van der Waals surface area contributed by atoms with E-state index >= 15 is 0 Å². The molecule has 5 nitrogen and oxygen atoms in total. The predicted octanol–water partition coefficient (Wildman–Crippen LogP) is 7.59. The summed E-state index contributed by atoms with van der Waals surface area (Å²) in [5, 5.41) is 0. The first-order valence-electron chi connectivity index (χ1n) is 14.4. The summed E-state index contributed by atoms with van der Waals surface area (Å²) in [6, 6.07) is 23.6. The lowest BCUT2D eigenvalue weighted by Gasteiger charge is -2.32. The second-order valence-corrected chi connectivity index (χ2v) is 12.4. The van der Waals surface area contributed by atoms with E-state index in [4.69, 9.17) is 14.2 Å². The largest absolute Gasteiger partial charge is 0.492 e. The predicted molar refractivity (Wildman–Crippen MR) is 171 cm³/mol. The van der Waals surface area contributed by atoms with E-state index in [1.165, 1.54) is 50.7 Å². The number of allylic oxidation sites excluding steroid dienone is 1. The maximum Gasteiger partial charge on any atom is 0.145 e. The third-order valence-corrected chi connectivity index (χ3v) is 8.41. The topological polar surface area (TPSA) is 34.2 Å². The molecular formula is C34H41IN2O3. The first kappa shape index (κ1) is 29.0. The summed E-state index contributed by atoms with van der Waals surface area (Å²) in [4.78, 5) is 4.44. The average Bonchev–Trinajstić information content (AvgIpc) is 3.20. The van der Waals surface area contributed by atoms with Gasteiger partial charge in [-0.05, 0) is 134 Å². The van der Waals surface area contributed by atoms with Crippen molar-refractivity contribution in [1.29, 1.82) is 0 Å². The maximum absolute atomic E-state index is 6.82. The molecule has 1 aliphatic heterocycles. The molecule has 1 heterocycles. The van der Waals surface area contributed by atoms with E-state index in [0.29, 0.717) is 13.2 Å². The Balaban J connectivity index is 1.28. The van der Waals surface area contributed by atoms with E-state index in [-0.39, 0.29) is 6.10 Å². The zero-order valence-electron chi connectivity index (χ0n) is 24.0. The highest BCUT2D eigenvalue weighted by molar-refractivity contribution is 14.1. The Bertz CT molecular complexity index is 1290. The smallest absolute Gasteiger partial charge is 0.145 e. The second-order valence-electron chi connectivity index (χ2n) is 11.2. The van der Waals surface area contributed by atoms with E-state index in [1.54, 1.807) is 0 Å². The number of likely N-dealkylation sites (N-methyl/N-ethyl adjacent to an activating group) is 2. The Morgan fingerprint density at radius 1 is 0.800 bits per heavy atom. The zero-order chi connectivity index (χ0) is 27.9. The fourth-order valence-corrected chi connectivity index (χ4v) is 5.87. The fourth-order valence-electron chi connectivity index (χ4n) is 5.51. The Morgan fingerprint density at radius 2 is 1.48 bits per heavy atom. The normalized spacial score (nSPS) is 16.8. The van der Waals surface area contributed by atoms with Crippen LogP contribution in [0.5, 0.6) is 17.2 Å². The molecule has 3 aromatic carbocycles. The van der Waals surface area contributed by atoms with Crippen molar-refractivity contribution >= 4 is 28.2 Å². The summed E-state index contributed by atoms with van der Waals surface area (Å²) in [7, 11) is 6.27. The van der Waals surface area contributed by atoms with Gasteiger partial charge in [0.25, 0.3) is 0 Å². The highest BCUT2D eigenvalue weighted by atomic mass is 127. The van der Waals surface area contributed by atoms with Gasteiger partial charge < -0.3 is 19.1 Å². The molecule has 0 aromatic heterocycles. The van der Waals surface area contributed by atoms with Gasteiger partial charge in [0.15, 0.2) is 0 Å². The fraction of sp³-hybridized carbons (Fsp3) is 0.412. The van der Waals surface area contributed by atoms with Gasteiger partial charge in [-0.2, -0.15) is 0 Å². The molecule has 0 saturated carbocycles. The number of hydrogen-bond acceptors (Lipinski definition) is 5. The molecule has 1 atom stereocenters. The molecule has 5 rings (SSSR count). The molecule has 1 aliphatic carbocycles. The van der Waals surface area contributed by atoms with Crippen LogP contribution in [0.3, 0.4) is 0 Å². The van der Waals surface area contributed by atoms with Gasteiger partial charge in [0, 0.05) is 28.8 Å². The van der Waals surface area contributed by atoms with Gasteiger partial charge >= 0.3 is 0 Å². The van der Waals surface area contributed by atoms with Crippen molar-refractivity contribution in [3.8, 4) is 17.2 Å². The molecule has 0 bridgehead atoms. The number of fused-ring (bicyclic) bond motifs is 2. The van der Waals surface area contributed by atoms with Crippen molar-refractivity contribution in [1.82, 2.24) is 9.80 Å². The molecule has 40 heavy (non-hydrogen) atoms. The summed E-state index contributed by atoms with van der Waals surface area (Å²) in [6.07, 6.45) is 5.95. The Hall–Kier alpha value is -2.55. The van der Waals surface area contributed by atoms with E-state index in [1.807, 2.05) is 12.1 Å². The molecular weight excluding hydrogens is 611 g/mol. The third kappa shape index (κ3) is 7.59. The van der Waals surface area contributed by atoms with Crippen LogP contribution >= 0.6 is 22.6 Å². The van der Waals surface area contributed by atoms with Gasteiger partial charge in [-0.15, -0.1) is 0 Å². The SMILES string of the molecule is CN(C)CCOc1ccc(C2Oc3cc(CN(C)CCOc4ccc(I)cc4)ccc3C3=C2CCCCC3)cc1. The van der Waals surface area contributed by atoms with E-state index in [0.717, 1.165) is 49.7 Å². The number of nitrogens with zero attached hydrogens (tertiary/aromatic N) is 2. The van der Waals surface area contributed by atoms with Crippen LogP contribution in [0, 0.1) is 3.57 Å². The highest BCUT2D eigenvalue weighted by Crippen LogP contribution is 2.47. The summed E-state index contributed by atoms with van der Waals surface area (Å²) in [6.45, 7) is 3.94. The van der Waals surface area contributed by atoms with Crippen LogP contribution in [0.2, 0.25) is 0 Å². The summed E-state index contributed by atoms with van der Waals surface area (Å²) < 4.78 is 19.9. The van der Waals surface area contributed by atoms with Gasteiger partial charge in [0.2, 0.25) is 0 Å². The third-order valence-electron chi connectivity index (χ3n) is 7.69. The number of rotatable bonds is 11. The van der Waals surface area contributed by atoms with Gasteiger partial charge in [-0.25, -0.2) is 0 Å². The van der Waals surface area contributed by atoms with Crippen molar-refractivity contribution in [2.75, 3.05) is 47.4 Å². The summed E-state index contributed by atoms with van der Waals surface area (Å²) in [5.41, 5.74) is 6.71. The van der Waals surface area contributed by atoms with Gasteiger partial charge in [0.1, 0.15) is 36.6 Å². The minimum absolute atomic E-state index is 0.0354. The zero-order valence-corrected chi connectivity index (χ0v) is 26.2. The number of hydrogen-bond donors (Lipinski definition) is 0. The quantitative estimate of drug-likeness (QED) is 0.200. The van der Waals surface area contributed by atoms with Crippen molar-refractivity contribution < 1.29 is 14.2 Å². The van der Waals surface area contributed by atoms with Gasteiger partial charge in [0.05, 0.1) is 0 Å². The first-order chi connectivity index (χ1) is 19.5. The number of benzene rings is 3. The van der Waals surface area contributed by atoms with E-state index in [9.17, 15) is 0 Å². The maximum atomic E-state index is 6.82. The molecule has 0 N–H and O–H groups in total. The van der Waals surface area contributed by atoms with Gasteiger partial charge in [-0.3, -0.25) is 4.90 Å². The lowest BCUT2D eigenvalue weighted by molar-refractivity contribution is 0.227. The molecule has 0 radical (unpaired) electrons. The lowest BCUT2D eigenvalue weighted by atomic mass is 9.86. The van der Waals surface area contributed by atoms with Crippen LogP contribution in [0.4, 0.5) is 0 Å². The lowest BCUT2D eigenvalue weighted by Crippen LogP contribution is -2.24. The standard InChI is InChI=1S/C34H41IN2O3/c1-36(2)19-21-38-28-14-10-26(11-15-28)34-32-8-6-4-5-7-30(32)31-18-9-25(23-33(31)40-34)24-37(3)20-22-39-29-16-12-27(35)13-17-29/h9-18,23,34H,4-8,19-22,24H2,1-3H3. The number of ether oxygens (including phenoxy) is 3. The molecule has 0 spiro atoms. The summed E-state index contributed by atoms with van der Waals surface area (Å²) in [5.74, 6) is 2.84. The minimum atomic E-state index is -0.0354. The van der Waals surface area contributed by atoms with Crippen molar-refractivity contribution in [3.63, 3.8) is 0 Å². The molecule has 1 unspecified atom stereocenters. The summed E-state index contributed by atoms with van der Waals surface area (Å²) >= 11 is 2.31. The highest BCUT2D eigenvalue weighted by Gasteiger charge is 2.30. The van der Waals surface area contributed by atoms with Crippen LogP contribution in [-0.4, -0.2) is 57.2 Å². The first-order valence-corrected chi connectivity index (χ1v) is 15.5. The Labute approximate surface area is 253 Å². The molecule has 0 saturated heterocycles. The Morgan fingerprint density at radius 3 is 2.20 bits per heavy atom. The average molecular weight is 653 g/mol. The van der Waals surface area contributed by atoms with E-state index < -0.39 is 0 Å². The van der Waals surface area contributed by atoms with Crippen molar-refractivity contribution in [2.24, 2.45) is 0 Å². The van der Waals surface area contributed by atoms with Crippen LogP contribution < -0.4 is 14.2 Å². The van der Waals surface area contributed by atoms with Crippen LogP contribution in [0.15, 0.2) is 72.3 Å². The molecule has 0 fully saturated rings.